The largest absolute Gasteiger partial charge is 0.539 e. The molecule has 4 heteroatoms. The summed E-state index contributed by atoms with van der Waals surface area (Å²) >= 11 is 0. The Balaban J connectivity index is 1.75. The third-order valence-electron chi connectivity index (χ3n) is 6.69. The third kappa shape index (κ3) is 2.52. The number of hydrogen-bond donors (Lipinski definition) is 1. The van der Waals surface area contributed by atoms with Gasteiger partial charge in [-0.1, -0.05) is 56.3 Å². The van der Waals surface area contributed by atoms with E-state index in [0.717, 1.165) is 16.6 Å². The van der Waals surface area contributed by atoms with Gasteiger partial charge in [0.25, 0.3) is 0 Å². The highest BCUT2D eigenvalue weighted by molar-refractivity contribution is 6.18. The van der Waals surface area contributed by atoms with Gasteiger partial charge in [0.15, 0.2) is 0 Å². The van der Waals surface area contributed by atoms with Crippen molar-refractivity contribution in [2.75, 3.05) is 0 Å². The maximum atomic E-state index is 9.26. The van der Waals surface area contributed by atoms with E-state index >= 15 is 0 Å². The zero-order valence-corrected chi connectivity index (χ0v) is 17.6. The van der Waals surface area contributed by atoms with Gasteiger partial charge in [0.1, 0.15) is 5.75 Å². The van der Waals surface area contributed by atoms with Crippen LogP contribution in [0.5, 0.6) is 5.75 Å². The summed E-state index contributed by atoms with van der Waals surface area (Å²) in [7, 11) is -0.333. The molecule has 1 aliphatic carbocycles. The lowest BCUT2D eigenvalue weighted by molar-refractivity contribution is 0.454. The molecule has 0 spiro atoms. The first-order valence-corrected chi connectivity index (χ1v) is 10.6. The van der Waals surface area contributed by atoms with Crippen LogP contribution in [-0.4, -0.2) is 17.3 Å². The standard InChI is InChI=1S/C27H22BNO2/c1-27(2)23-11-7-6-10-19(23)20-16-26-22(15-24(20)27)21-14-18(31-28-30)12-13-25(21)29(26)17-8-4-3-5-9-17/h3-16,28,30H,1-2H3. The van der Waals surface area contributed by atoms with Gasteiger partial charge < -0.3 is 14.2 Å². The van der Waals surface area contributed by atoms with E-state index in [2.05, 4.69) is 85.1 Å². The number of hydrogen-bond acceptors (Lipinski definition) is 2. The lowest BCUT2D eigenvalue weighted by Gasteiger charge is -2.21. The van der Waals surface area contributed by atoms with Crippen molar-refractivity contribution in [1.82, 2.24) is 4.57 Å². The van der Waals surface area contributed by atoms with Gasteiger partial charge >= 0.3 is 7.69 Å². The molecule has 1 N–H and O–H groups in total. The Labute approximate surface area is 181 Å². The lowest BCUT2D eigenvalue weighted by Crippen LogP contribution is -2.14. The summed E-state index contributed by atoms with van der Waals surface area (Å²) in [5.41, 5.74) is 8.72. The normalized spacial score (nSPS) is 13.9. The molecule has 1 heterocycles. The summed E-state index contributed by atoms with van der Waals surface area (Å²) in [5, 5.41) is 11.6. The Bertz CT molecular complexity index is 1470. The Morgan fingerprint density at radius 3 is 2.29 bits per heavy atom. The smallest absolute Gasteiger partial charge is 0.504 e. The van der Waals surface area contributed by atoms with E-state index in [4.69, 9.17) is 4.65 Å². The van der Waals surface area contributed by atoms with Crippen LogP contribution in [0.25, 0.3) is 38.6 Å². The minimum absolute atomic E-state index is 0.0551. The number of fused-ring (bicyclic) bond motifs is 6. The van der Waals surface area contributed by atoms with Gasteiger partial charge in [0, 0.05) is 21.9 Å². The molecule has 0 aliphatic heterocycles. The quantitative estimate of drug-likeness (QED) is 0.391. The molecule has 0 saturated carbocycles. The molecular weight excluding hydrogens is 381 g/mol. The van der Waals surface area contributed by atoms with E-state index in [1.54, 1.807) is 0 Å². The summed E-state index contributed by atoms with van der Waals surface area (Å²) < 4.78 is 7.73. The fourth-order valence-electron chi connectivity index (χ4n) is 5.21. The molecule has 150 valence electrons. The van der Waals surface area contributed by atoms with Crippen LogP contribution in [0.1, 0.15) is 25.0 Å². The zero-order chi connectivity index (χ0) is 21.2. The van der Waals surface area contributed by atoms with Gasteiger partial charge in [-0.2, -0.15) is 0 Å². The first kappa shape index (κ1) is 18.3. The van der Waals surface area contributed by atoms with Crippen LogP contribution in [-0.2, 0) is 5.41 Å². The highest BCUT2D eigenvalue weighted by atomic mass is 16.5. The lowest BCUT2D eigenvalue weighted by atomic mass is 9.82. The molecule has 31 heavy (non-hydrogen) atoms. The first-order chi connectivity index (χ1) is 15.1. The average molecular weight is 403 g/mol. The molecule has 0 radical (unpaired) electrons. The van der Waals surface area contributed by atoms with Gasteiger partial charge in [-0.3, -0.25) is 0 Å². The van der Waals surface area contributed by atoms with Crippen LogP contribution in [0, 0.1) is 0 Å². The molecule has 1 aromatic heterocycles. The van der Waals surface area contributed by atoms with E-state index in [0.29, 0.717) is 5.75 Å². The summed E-state index contributed by atoms with van der Waals surface area (Å²) in [6.45, 7) is 4.61. The van der Waals surface area contributed by atoms with Gasteiger partial charge in [-0.25, -0.2) is 0 Å². The van der Waals surface area contributed by atoms with E-state index < -0.39 is 0 Å². The monoisotopic (exact) mass is 403 g/mol. The van der Waals surface area contributed by atoms with Crippen LogP contribution in [0.3, 0.4) is 0 Å². The van der Waals surface area contributed by atoms with Crippen molar-refractivity contribution in [3.63, 3.8) is 0 Å². The molecule has 3 nitrogen and oxygen atoms in total. The van der Waals surface area contributed by atoms with Crippen molar-refractivity contribution in [2.45, 2.75) is 19.3 Å². The Hall–Kier alpha value is -3.50. The van der Waals surface area contributed by atoms with E-state index in [1.165, 1.54) is 33.2 Å². The Morgan fingerprint density at radius 2 is 1.48 bits per heavy atom. The molecular formula is C27H22BNO2. The van der Waals surface area contributed by atoms with Crippen molar-refractivity contribution in [2.24, 2.45) is 0 Å². The highest BCUT2D eigenvalue weighted by Crippen LogP contribution is 2.51. The average Bonchev–Trinajstić information content (AvgIpc) is 3.23. The van der Waals surface area contributed by atoms with Gasteiger partial charge in [0.05, 0.1) is 11.0 Å². The second kappa shape index (κ2) is 6.50. The summed E-state index contributed by atoms with van der Waals surface area (Å²) in [4.78, 5) is 0. The van der Waals surface area contributed by atoms with E-state index in [9.17, 15) is 5.02 Å². The number of benzene rings is 4. The van der Waals surface area contributed by atoms with Gasteiger partial charge in [0.2, 0.25) is 0 Å². The van der Waals surface area contributed by atoms with Crippen molar-refractivity contribution in [1.29, 1.82) is 0 Å². The SMILES string of the molecule is CC1(C)c2ccccc2-c2cc3c(cc21)c1cc(OBO)ccc1n3-c1ccccc1. The fraction of sp³-hybridized carbons (Fsp3) is 0.111. The summed E-state index contributed by atoms with van der Waals surface area (Å²) in [6.07, 6.45) is 0. The van der Waals surface area contributed by atoms with Gasteiger partial charge in [-0.05, 0) is 64.7 Å². The summed E-state index contributed by atoms with van der Waals surface area (Å²) in [6, 6.07) is 29.9. The molecule has 5 aromatic rings. The molecule has 0 bridgehead atoms. The predicted molar refractivity (Wildman–Crippen MR) is 128 cm³/mol. The third-order valence-corrected chi connectivity index (χ3v) is 6.69. The molecule has 0 atom stereocenters. The molecule has 0 saturated heterocycles. The topological polar surface area (TPSA) is 34.4 Å². The van der Waals surface area contributed by atoms with Crippen LogP contribution < -0.4 is 4.65 Å². The second-order valence-corrected chi connectivity index (χ2v) is 8.71. The number of nitrogens with zero attached hydrogens (tertiary/aromatic N) is 1. The fourth-order valence-corrected chi connectivity index (χ4v) is 5.21. The van der Waals surface area contributed by atoms with Crippen molar-refractivity contribution < 1.29 is 9.68 Å². The molecule has 0 unspecified atom stereocenters. The van der Waals surface area contributed by atoms with Crippen LogP contribution in [0.4, 0.5) is 0 Å². The summed E-state index contributed by atoms with van der Waals surface area (Å²) in [5.74, 6) is 0.671. The maximum Gasteiger partial charge on any atom is 0.504 e. The van der Waals surface area contributed by atoms with Crippen LogP contribution in [0.15, 0.2) is 84.9 Å². The number of aromatic nitrogens is 1. The van der Waals surface area contributed by atoms with Crippen molar-refractivity contribution in [3.8, 4) is 22.6 Å². The highest BCUT2D eigenvalue weighted by Gasteiger charge is 2.36. The molecule has 0 amide bonds. The minimum atomic E-state index is -0.333. The van der Waals surface area contributed by atoms with Crippen LogP contribution >= 0.6 is 0 Å². The van der Waals surface area contributed by atoms with Crippen molar-refractivity contribution >= 4 is 29.5 Å². The van der Waals surface area contributed by atoms with E-state index in [-0.39, 0.29) is 13.1 Å². The molecule has 1 aliphatic rings. The van der Waals surface area contributed by atoms with Gasteiger partial charge in [-0.15, -0.1) is 0 Å². The number of rotatable bonds is 3. The van der Waals surface area contributed by atoms with Crippen molar-refractivity contribution in [3.05, 3.63) is 96.1 Å². The minimum Gasteiger partial charge on any atom is -0.539 e. The number of para-hydroxylation sites is 1. The Morgan fingerprint density at radius 1 is 0.742 bits per heavy atom. The van der Waals surface area contributed by atoms with Crippen LogP contribution in [0.2, 0.25) is 0 Å². The maximum absolute atomic E-state index is 9.26. The second-order valence-electron chi connectivity index (χ2n) is 8.71. The zero-order valence-electron chi connectivity index (χ0n) is 17.6. The van der Waals surface area contributed by atoms with E-state index in [1.807, 2.05) is 18.2 Å². The molecule has 4 aromatic carbocycles. The predicted octanol–water partition coefficient (Wildman–Crippen LogP) is 5.73. The molecule has 6 rings (SSSR count). The molecule has 0 fully saturated rings. The Kier molecular flexibility index (Phi) is 3.83. The first-order valence-electron chi connectivity index (χ1n) is 10.6.